The van der Waals surface area contributed by atoms with Crippen LogP contribution in [0.1, 0.15) is 30.0 Å². The highest BCUT2D eigenvalue weighted by Gasteiger charge is 2.19. The summed E-state index contributed by atoms with van der Waals surface area (Å²) in [6.45, 7) is 2.27. The van der Waals surface area contributed by atoms with E-state index in [1.165, 1.54) is 29.5 Å². The molecule has 2 aromatic carbocycles. The molecule has 0 radical (unpaired) electrons. The summed E-state index contributed by atoms with van der Waals surface area (Å²) in [7, 11) is 0. The fourth-order valence-corrected chi connectivity index (χ4v) is 3.53. The van der Waals surface area contributed by atoms with E-state index in [0.717, 1.165) is 17.9 Å². The largest absolute Gasteiger partial charge is 0.311 e. The molecule has 110 valence electrons. The van der Waals surface area contributed by atoms with Gasteiger partial charge in [-0.25, -0.2) is 0 Å². The highest BCUT2D eigenvalue weighted by molar-refractivity contribution is 6.30. The number of rotatable bonds is 4. The lowest BCUT2D eigenvalue weighted by atomic mass is 9.88. The molecule has 1 N–H and O–H groups in total. The zero-order chi connectivity index (χ0) is 14.7. The fourth-order valence-electron chi connectivity index (χ4n) is 3.32. The third-order valence-corrected chi connectivity index (χ3v) is 4.53. The Hall–Kier alpha value is -1.31. The Balaban J connectivity index is 1.57. The van der Waals surface area contributed by atoms with Gasteiger partial charge in [-0.2, -0.15) is 0 Å². The van der Waals surface area contributed by atoms with Crippen molar-refractivity contribution in [3.63, 3.8) is 0 Å². The van der Waals surface area contributed by atoms with E-state index in [-0.39, 0.29) is 0 Å². The topological polar surface area (TPSA) is 12.0 Å². The summed E-state index contributed by atoms with van der Waals surface area (Å²) in [5, 5.41) is 4.61. The maximum absolute atomic E-state index is 6.06. The van der Waals surface area contributed by atoms with E-state index in [9.17, 15) is 0 Å². The van der Waals surface area contributed by atoms with Crippen molar-refractivity contribution in [3.05, 3.63) is 70.2 Å². The standard InChI is InChI=1S/C19H22ClN/c1-14(11-15-5-4-8-18(20)12-15)21-19-10-9-16-6-2-3-7-17(16)13-19/h2-8,12,14,19,21H,9-11,13H2,1H3. The molecule has 2 atom stereocenters. The van der Waals surface area contributed by atoms with Crippen molar-refractivity contribution in [1.29, 1.82) is 0 Å². The van der Waals surface area contributed by atoms with Crippen LogP contribution in [-0.2, 0) is 19.3 Å². The van der Waals surface area contributed by atoms with E-state index in [1.807, 2.05) is 12.1 Å². The Labute approximate surface area is 132 Å². The van der Waals surface area contributed by atoms with Crippen molar-refractivity contribution >= 4 is 11.6 Å². The lowest BCUT2D eigenvalue weighted by Gasteiger charge is -2.28. The molecule has 2 unspecified atom stereocenters. The molecular weight excluding hydrogens is 278 g/mol. The summed E-state index contributed by atoms with van der Waals surface area (Å²) in [6, 6.07) is 18.1. The van der Waals surface area contributed by atoms with Gasteiger partial charge in [0.2, 0.25) is 0 Å². The second kappa shape index (κ2) is 6.64. The van der Waals surface area contributed by atoms with Gasteiger partial charge in [-0.3, -0.25) is 0 Å². The van der Waals surface area contributed by atoms with Gasteiger partial charge < -0.3 is 5.32 Å². The number of hydrogen-bond acceptors (Lipinski definition) is 1. The molecule has 2 heteroatoms. The van der Waals surface area contributed by atoms with E-state index in [4.69, 9.17) is 11.6 Å². The average Bonchev–Trinajstić information content (AvgIpc) is 2.47. The summed E-state index contributed by atoms with van der Waals surface area (Å²) in [4.78, 5) is 0. The molecule has 1 aliphatic rings. The van der Waals surface area contributed by atoms with Crippen LogP contribution in [0.4, 0.5) is 0 Å². The molecule has 1 nitrogen and oxygen atoms in total. The normalized spacial score (nSPS) is 19.0. The van der Waals surface area contributed by atoms with E-state index in [0.29, 0.717) is 12.1 Å². The number of nitrogens with one attached hydrogen (secondary N) is 1. The first-order chi connectivity index (χ1) is 10.2. The monoisotopic (exact) mass is 299 g/mol. The van der Waals surface area contributed by atoms with Crippen LogP contribution < -0.4 is 5.32 Å². The van der Waals surface area contributed by atoms with Crippen molar-refractivity contribution in [2.24, 2.45) is 0 Å². The molecule has 0 heterocycles. The molecule has 2 aromatic rings. The van der Waals surface area contributed by atoms with Crippen LogP contribution >= 0.6 is 11.6 Å². The Morgan fingerprint density at radius 3 is 2.76 bits per heavy atom. The van der Waals surface area contributed by atoms with Crippen LogP contribution in [0, 0.1) is 0 Å². The summed E-state index contributed by atoms with van der Waals surface area (Å²) < 4.78 is 0. The van der Waals surface area contributed by atoms with Crippen LogP contribution in [0.5, 0.6) is 0 Å². The summed E-state index contributed by atoms with van der Waals surface area (Å²) in [6.07, 6.45) is 4.60. The van der Waals surface area contributed by atoms with Gasteiger partial charge in [-0.1, -0.05) is 48.0 Å². The minimum Gasteiger partial charge on any atom is -0.311 e. The van der Waals surface area contributed by atoms with E-state index in [1.54, 1.807) is 0 Å². The van der Waals surface area contributed by atoms with Gasteiger partial charge in [0, 0.05) is 17.1 Å². The molecule has 0 aliphatic heterocycles. The first-order valence-corrected chi connectivity index (χ1v) is 8.16. The highest BCUT2D eigenvalue weighted by Crippen LogP contribution is 2.21. The molecule has 0 aromatic heterocycles. The van der Waals surface area contributed by atoms with Gasteiger partial charge in [-0.05, 0) is 61.4 Å². The molecule has 1 aliphatic carbocycles. The first kappa shape index (κ1) is 14.6. The summed E-state index contributed by atoms with van der Waals surface area (Å²) >= 11 is 6.06. The summed E-state index contributed by atoms with van der Waals surface area (Å²) in [5.41, 5.74) is 4.34. The van der Waals surface area contributed by atoms with Gasteiger partial charge in [0.1, 0.15) is 0 Å². The molecule has 0 fully saturated rings. The van der Waals surface area contributed by atoms with Crippen LogP contribution in [0.15, 0.2) is 48.5 Å². The summed E-state index contributed by atoms with van der Waals surface area (Å²) in [5.74, 6) is 0. The SMILES string of the molecule is CC(Cc1cccc(Cl)c1)NC1CCc2ccccc2C1. The molecule has 0 amide bonds. The van der Waals surface area contributed by atoms with E-state index >= 15 is 0 Å². The first-order valence-electron chi connectivity index (χ1n) is 7.78. The van der Waals surface area contributed by atoms with Crippen LogP contribution in [-0.4, -0.2) is 12.1 Å². The van der Waals surface area contributed by atoms with E-state index in [2.05, 4.69) is 48.6 Å². The van der Waals surface area contributed by atoms with Crippen molar-refractivity contribution in [2.75, 3.05) is 0 Å². The van der Waals surface area contributed by atoms with Gasteiger partial charge in [0.25, 0.3) is 0 Å². The second-order valence-electron chi connectivity index (χ2n) is 6.11. The molecule has 0 spiro atoms. The van der Waals surface area contributed by atoms with Crippen LogP contribution in [0.2, 0.25) is 5.02 Å². The van der Waals surface area contributed by atoms with E-state index < -0.39 is 0 Å². The van der Waals surface area contributed by atoms with Crippen molar-refractivity contribution < 1.29 is 0 Å². The maximum Gasteiger partial charge on any atom is 0.0408 e. The third-order valence-electron chi connectivity index (χ3n) is 4.30. The number of fused-ring (bicyclic) bond motifs is 1. The average molecular weight is 300 g/mol. The predicted molar refractivity (Wildman–Crippen MR) is 90.0 cm³/mol. The zero-order valence-corrected chi connectivity index (χ0v) is 13.2. The molecule has 0 bridgehead atoms. The Morgan fingerprint density at radius 2 is 1.95 bits per heavy atom. The fraction of sp³-hybridized carbons (Fsp3) is 0.368. The van der Waals surface area contributed by atoms with Gasteiger partial charge in [0.05, 0.1) is 0 Å². The third kappa shape index (κ3) is 3.87. The maximum atomic E-state index is 6.06. The highest BCUT2D eigenvalue weighted by atomic mass is 35.5. The number of hydrogen-bond donors (Lipinski definition) is 1. The molecule has 3 rings (SSSR count). The number of halogens is 1. The van der Waals surface area contributed by atoms with Gasteiger partial charge in [0.15, 0.2) is 0 Å². The Bertz CT molecular complexity index is 608. The predicted octanol–water partition coefficient (Wildman–Crippen LogP) is 4.42. The number of benzene rings is 2. The second-order valence-corrected chi connectivity index (χ2v) is 6.55. The quantitative estimate of drug-likeness (QED) is 0.881. The lowest BCUT2D eigenvalue weighted by molar-refractivity contribution is 0.405. The van der Waals surface area contributed by atoms with Crippen LogP contribution in [0.3, 0.4) is 0 Å². The van der Waals surface area contributed by atoms with Crippen molar-refractivity contribution in [1.82, 2.24) is 5.32 Å². The number of aryl methyl sites for hydroxylation is 1. The van der Waals surface area contributed by atoms with Crippen molar-refractivity contribution in [2.45, 2.75) is 44.7 Å². The smallest absolute Gasteiger partial charge is 0.0408 e. The zero-order valence-electron chi connectivity index (χ0n) is 12.5. The molecule has 0 saturated carbocycles. The van der Waals surface area contributed by atoms with Gasteiger partial charge >= 0.3 is 0 Å². The molecule has 0 saturated heterocycles. The van der Waals surface area contributed by atoms with Crippen molar-refractivity contribution in [3.8, 4) is 0 Å². The minimum absolute atomic E-state index is 0.471. The Kier molecular flexibility index (Phi) is 4.62. The molecule has 21 heavy (non-hydrogen) atoms. The minimum atomic E-state index is 0.471. The Morgan fingerprint density at radius 1 is 1.14 bits per heavy atom. The molecular formula is C19H22ClN. The van der Waals surface area contributed by atoms with Gasteiger partial charge in [-0.15, -0.1) is 0 Å². The lowest BCUT2D eigenvalue weighted by Crippen LogP contribution is -2.41. The van der Waals surface area contributed by atoms with Crippen LogP contribution in [0.25, 0.3) is 0 Å².